The van der Waals surface area contributed by atoms with Gasteiger partial charge in [0.2, 0.25) is 11.8 Å². The van der Waals surface area contributed by atoms with E-state index in [-0.39, 0.29) is 18.4 Å². The molecule has 0 N–H and O–H groups in total. The molecule has 1 aliphatic heterocycles. The van der Waals surface area contributed by atoms with Gasteiger partial charge in [0.1, 0.15) is 0 Å². The topological polar surface area (TPSA) is 43.9 Å². The van der Waals surface area contributed by atoms with E-state index in [4.69, 9.17) is 11.6 Å². The van der Waals surface area contributed by atoms with Crippen LogP contribution in [0.25, 0.3) is 0 Å². The van der Waals surface area contributed by atoms with E-state index in [1.807, 2.05) is 36.1 Å². The van der Waals surface area contributed by atoms with Gasteiger partial charge in [0.15, 0.2) is 0 Å². The smallest absolute Gasteiger partial charge is 0.242 e. The molecular weight excluding hydrogens is 314 g/mol. The summed E-state index contributed by atoms with van der Waals surface area (Å²) in [6, 6.07) is 7.76. The average Bonchev–Trinajstić information content (AvgIpc) is 2.54. The zero-order chi connectivity index (χ0) is 16.8. The summed E-state index contributed by atoms with van der Waals surface area (Å²) >= 11 is 6.03. The predicted octanol–water partition coefficient (Wildman–Crippen LogP) is 2.25. The summed E-state index contributed by atoms with van der Waals surface area (Å²) in [7, 11) is 0. The Kier molecular flexibility index (Phi) is 6.28. The summed E-state index contributed by atoms with van der Waals surface area (Å²) in [5.74, 6) is -0.0165. The molecule has 23 heavy (non-hydrogen) atoms. The normalized spacial score (nSPS) is 14.7. The van der Waals surface area contributed by atoms with Crippen molar-refractivity contribution in [3.05, 3.63) is 29.3 Å². The Bertz CT molecular complexity index is 557. The zero-order valence-corrected chi connectivity index (χ0v) is 14.6. The molecule has 0 bridgehead atoms. The molecule has 0 aromatic heterocycles. The highest BCUT2D eigenvalue weighted by atomic mass is 35.5. The second kappa shape index (κ2) is 8.20. The van der Waals surface area contributed by atoms with Crippen molar-refractivity contribution in [1.29, 1.82) is 0 Å². The Morgan fingerprint density at radius 3 is 2.48 bits per heavy atom. The number of amides is 2. The van der Waals surface area contributed by atoms with Gasteiger partial charge in [-0.25, -0.2) is 0 Å². The lowest BCUT2D eigenvalue weighted by Crippen LogP contribution is -2.51. The standard InChI is InChI=1S/C17H24ClN3O2/c1-3-7-21(14(2)22)13-17(23)20-10-8-19(9-11-20)16-6-4-5-15(18)12-16/h4-6,12H,3,7-11,13H2,1-2H3. The minimum atomic E-state index is -0.0437. The lowest BCUT2D eigenvalue weighted by Gasteiger charge is -2.37. The number of anilines is 1. The van der Waals surface area contributed by atoms with E-state index in [1.54, 1.807) is 4.90 Å². The van der Waals surface area contributed by atoms with Crippen LogP contribution in [0.5, 0.6) is 0 Å². The molecule has 1 aliphatic rings. The largest absolute Gasteiger partial charge is 0.368 e. The van der Waals surface area contributed by atoms with Gasteiger partial charge < -0.3 is 14.7 Å². The second-order valence-corrected chi connectivity index (χ2v) is 6.22. The van der Waals surface area contributed by atoms with E-state index in [0.29, 0.717) is 19.6 Å². The van der Waals surface area contributed by atoms with Gasteiger partial charge in [0.25, 0.3) is 0 Å². The van der Waals surface area contributed by atoms with Gasteiger partial charge in [0, 0.05) is 50.4 Å². The number of carbonyl (C=O) groups is 2. The third-order valence-electron chi connectivity index (χ3n) is 4.07. The zero-order valence-electron chi connectivity index (χ0n) is 13.8. The summed E-state index contributed by atoms with van der Waals surface area (Å²) in [5, 5.41) is 0.720. The van der Waals surface area contributed by atoms with Crippen LogP contribution in [-0.2, 0) is 9.59 Å². The summed E-state index contributed by atoms with van der Waals surface area (Å²) < 4.78 is 0. The Hall–Kier alpha value is -1.75. The molecule has 0 radical (unpaired) electrons. The fourth-order valence-electron chi connectivity index (χ4n) is 2.77. The monoisotopic (exact) mass is 337 g/mol. The molecule has 1 heterocycles. The molecule has 5 nitrogen and oxygen atoms in total. The van der Waals surface area contributed by atoms with Crippen LogP contribution in [-0.4, -0.2) is 60.9 Å². The first-order valence-electron chi connectivity index (χ1n) is 8.05. The van der Waals surface area contributed by atoms with Crippen molar-refractivity contribution in [2.24, 2.45) is 0 Å². The molecule has 1 aromatic carbocycles. The molecule has 2 rings (SSSR count). The van der Waals surface area contributed by atoms with Crippen LogP contribution in [0.1, 0.15) is 20.3 Å². The SMILES string of the molecule is CCCN(CC(=O)N1CCN(c2cccc(Cl)c2)CC1)C(C)=O. The highest BCUT2D eigenvalue weighted by Crippen LogP contribution is 2.20. The van der Waals surface area contributed by atoms with Crippen molar-refractivity contribution < 1.29 is 9.59 Å². The van der Waals surface area contributed by atoms with Gasteiger partial charge in [-0.1, -0.05) is 24.6 Å². The Morgan fingerprint density at radius 2 is 1.91 bits per heavy atom. The molecule has 2 amide bonds. The lowest BCUT2D eigenvalue weighted by molar-refractivity contribution is -0.139. The minimum Gasteiger partial charge on any atom is -0.368 e. The maximum atomic E-state index is 12.4. The number of hydrogen-bond donors (Lipinski definition) is 0. The molecule has 126 valence electrons. The number of carbonyl (C=O) groups excluding carboxylic acids is 2. The van der Waals surface area contributed by atoms with E-state index < -0.39 is 0 Å². The maximum Gasteiger partial charge on any atom is 0.242 e. The highest BCUT2D eigenvalue weighted by Gasteiger charge is 2.23. The fourth-order valence-corrected chi connectivity index (χ4v) is 2.95. The van der Waals surface area contributed by atoms with Crippen molar-refractivity contribution in [3.63, 3.8) is 0 Å². The summed E-state index contributed by atoms with van der Waals surface area (Å²) in [6.45, 7) is 7.22. The van der Waals surface area contributed by atoms with E-state index >= 15 is 0 Å². The number of benzene rings is 1. The lowest BCUT2D eigenvalue weighted by atomic mass is 10.2. The molecule has 0 atom stereocenters. The molecule has 1 saturated heterocycles. The second-order valence-electron chi connectivity index (χ2n) is 5.79. The summed E-state index contributed by atoms with van der Waals surface area (Å²) in [5.41, 5.74) is 1.08. The van der Waals surface area contributed by atoms with Crippen molar-refractivity contribution in [1.82, 2.24) is 9.80 Å². The molecule has 6 heteroatoms. The fraction of sp³-hybridized carbons (Fsp3) is 0.529. The molecule has 1 aromatic rings. The van der Waals surface area contributed by atoms with Crippen molar-refractivity contribution >= 4 is 29.1 Å². The Morgan fingerprint density at radius 1 is 1.22 bits per heavy atom. The van der Waals surface area contributed by atoms with Gasteiger partial charge >= 0.3 is 0 Å². The van der Waals surface area contributed by atoms with Crippen LogP contribution in [0, 0.1) is 0 Å². The molecule has 0 spiro atoms. The predicted molar refractivity (Wildman–Crippen MR) is 92.8 cm³/mol. The average molecular weight is 338 g/mol. The van der Waals surface area contributed by atoms with Crippen LogP contribution < -0.4 is 4.90 Å². The van der Waals surface area contributed by atoms with Crippen LogP contribution >= 0.6 is 11.6 Å². The third kappa shape index (κ3) is 4.86. The van der Waals surface area contributed by atoms with E-state index in [2.05, 4.69) is 4.90 Å². The van der Waals surface area contributed by atoms with Crippen LogP contribution in [0.2, 0.25) is 5.02 Å². The van der Waals surface area contributed by atoms with Crippen molar-refractivity contribution in [2.45, 2.75) is 20.3 Å². The Labute approximate surface area is 142 Å². The number of rotatable bonds is 5. The number of halogens is 1. The molecule has 1 fully saturated rings. The summed E-state index contributed by atoms with van der Waals surface area (Å²) in [6.07, 6.45) is 0.857. The molecular formula is C17H24ClN3O2. The number of nitrogens with zero attached hydrogens (tertiary/aromatic N) is 3. The number of piperazine rings is 1. The molecule has 0 aliphatic carbocycles. The minimum absolute atomic E-state index is 0.0272. The molecule has 0 saturated carbocycles. The maximum absolute atomic E-state index is 12.4. The van der Waals surface area contributed by atoms with E-state index in [9.17, 15) is 9.59 Å². The Balaban J connectivity index is 1.88. The van der Waals surface area contributed by atoms with E-state index in [0.717, 1.165) is 30.2 Å². The van der Waals surface area contributed by atoms with Crippen LogP contribution in [0.15, 0.2) is 24.3 Å². The van der Waals surface area contributed by atoms with Crippen molar-refractivity contribution in [3.8, 4) is 0 Å². The van der Waals surface area contributed by atoms with Gasteiger partial charge in [0.05, 0.1) is 6.54 Å². The van der Waals surface area contributed by atoms with Gasteiger partial charge in [-0.2, -0.15) is 0 Å². The van der Waals surface area contributed by atoms with Crippen LogP contribution in [0.3, 0.4) is 0 Å². The van der Waals surface area contributed by atoms with E-state index in [1.165, 1.54) is 6.92 Å². The third-order valence-corrected chi connectivity index (χ3v) is 4.31. The first kappa shape index (κ1) is 17.6. The van der Waals surface area contributed by atoms with Crippen LogP contribution in [0.4, 0.5) is 5.69 Å². The molecule has 0 unspecified atom stereocenters. The summed E-state index contributed by atoms with van der Waals surface area (Å²) in [4.78, 5) is 29.6. The quantitative estimate of drug-likeness (QED) is 0.827. The first-order valence-corrected chi connectivity index (χ1v) is 8.43. The van der Waals surface area contributed by atoms with Crippen molar-refractivity contribution in [2.75, 3.05) is 44.2 Å². The first-order chi connectivity index (χ1) is 11.0. The number of hydrogen-bond acceptors (Lipinski definition) is 3. The van der Waals surface area contributed by atoms with Gasteiger partial charge in [-0.05, 0) is 24.6 Å². The van der Waals surface area contributed by atoms with Gasteiger partial charge in [-0.15, -0.1) is 0 Å². The van der Waals surface area contributed by atoms with Gasteiger partial charge in [-0.3, -0.25) is 9.59 Å². The highest BCUT2D eigenvalue weighted by molar-refractivity contribution is 6.30.